The Bertz CT molecular complexity index is 494. The first-order chi connectivity index (χ1) is 10.1. The highest BCUT2D eigenvalue weighted by Crippen LogP contribution is 2.27. The van der Waals surface area contributed by atoms with Gasteiger partial charge < -0.3 is 20.4 Å². The van der Waals surface area contributed by atoms with Crippen molar-refractivity contribution < 1.29 is 14.7 Å². The van der Waals surface area contributed by atoms with Crippen LogP contribution in [0, 0.1) is 5.92 Å². The number of hydrogen-bond acceptors (Lipinski definition) is 4. The molecule has 0 bridgehead atoms. The third-order valence-electron chi connectivity index (χ3n) is 4.10. The lowest BCUT2D eigenvalue weighted by molar-refractivity contribution is 0.00871. The number of nitrogens with zero attached hydrogens (tertiary/aromatic N) is 1. The van der Waals surface area contributed by atoms with Crippen molar-refractivity contribution in [3.63, 3.8) is 0 Å². The first-order valence-electron chi connectivity index (χ1n) is 7.40. The van der Waals surface area contributed by atoms with E-state index >= 15 is 0 Å². The number of hydrogen-bond donors (Lipinski definition) is 2. The fourth-order valence-electron chi connectivity index (χ4n) is 2.70. The minimum absolute atomic E-state index is 0.0422. The summed E-state index contributed by atoms with van der Waals surface area (Å²) in [6.45, 7) is 2.86. The molecular weight excluding hydrogens is 268 g/mol. The van der Waals surface area contributed by atoms with Crippen molar-refractivity contribution in [3.8, 4) is 5.75 Å². The average molecular weight is 292 g/mol. The molecule has 0 aromatic heterocycles. The second-order valence-electron chi connectivity index (χ2n) is 5.71. The molecule has 3 N–H and O–H groups in total. The molecular formula is C16H24N2O3. The van der Waals surface area contributed by atoms with Crippen LogP contribution >= 0.6 is 0 Å². The van der Waals surface area contributed by atoms with E-state index in [0.29, 0.717) is 24.0 Å². The molecule has 1 aliphatic rings. The van der Waals surface area contributed by atoms with Gasteiger partial charge in [-0.1, -0.05) is 18.1 Å². The van der Waals surface area contributed by atoms with Gasteiger partial charge in [-0.2, -0.15) is 0 Å². The molecule has 2 rings (SSSR count). The van der Waals surface area contributed by atoms with Crippen LogP contribution in [0.15, 0.2) is 23.4 Å². The van der Waals surface area contributed by atoms with Gasteiger partial charge in [0.1, 0.15) is 5.75 Å². The lowest BCUT2D eigenvalue weighted by Gasteiger charge is -2.26. The molecule has 1 aromatic rings. The molecule has 1 aliphatic carbocycles. The van der Waals surface area contributed by atoms with E-state index in [0.717, 1.165) is 24.3 Å². The summed E-state index contributed by atoms with van der Waals surface area (Å²) in [5, 5.41) is 11.8. The highest BCUT2D eigenvalue weighted by Gasteiger charge is 2.18. The van der Waals surface area contributed by atoms with Crippen LogP contribution in [0.1, 0.15) is 43.7 Å². The monoisotopic (exact) mass is 292 g/mol. The molecule has 0 atom stereocenters. The zero-order chi connectivity index (χ0) is 15.2. The number of methoxy groups -OCH3 is 1. The fraction of sp³-hybridized carbons (Fsp3) is 0.562. The van der Waals surface area contributed by atoms with E-state index in [-0.39, 0.29) is 5.84 Å². The van der Waals surface area contributed by atoms with Crippen LogP contribution < -0.4 is 10.5 Å². The number of amidine groups is 1. The smallest absolute Gasteiger partial charge is 0.173 e. The molecule has 0 saturated heterocycles. The molecule has 1 aromatic carbocycles. The van der Waals surface area contributed by atoms with Gasteiger partial charge in [-0.3, -0.25) is 0 Å². The number of rotatable bonds is 5. The summed E-state index contributed by atoms with van der Waals surface area (Å²) in [5.41, 5.74) is 7.22. The number of oxime groups is 1. The maximum atomic E-state index is 8.76. The van der Waals surface area contributed by atoms with Gasteiger partial charge in [0.05, 0.1) is 25.4 Å². The first kappa shape index (κ1) is 15.6. The molecule has 0 amide bonds. The van der Waals surface area contributed by atoms with E-state index < -0.39 is 0 Å². The van der Waals surface area contributed by atoms with Crippen LogP contribution in [0.25, 0.3) is 0 Å². The lowest BCUT2D eigenvalue weighted by Crippen LogP contribution is -2.20. The zero-order valence-electron chi connectivity index (χ0n) is 12.7. The summed E-state index contributed by atoms with van der Waals surface area (Å²) in [5.74, 6) is 1.45. The largest absolute Gasteiger partial charge is 0.496 e. The van der Waals surface area contributed by atoms with Crippen molar-refractivity contribution in [3.05, 3.63) is 29.3 Å². The number of nitrogens with two attached hydrogens (primary N) is 1. The summed E-state index contributed by atoms with van der Waals surface area (Å²) in [6, 6.07) is 5.58. The molecule has 0 heterocycles. The Kier molecular flexibility index (Phi) is 5.44. The predicted molar refractivity (Wildman–Crippen MR) is 81.7 cm³/mol. The Labute approximate surface area is 125 Å². The Morgan fingerprint density at radius 3 is 2.67 bits per heavy atom. The second kappa shape index (κ2) is 7.31. The van der Waals surface area contributed by atoms with Gasteiger partial charge in [-0.25, -0.2) is 0 Å². The van der Waals surface area contributed by atoms with Crippen LogP contribution in [-0.2, 0) is 11.3 Å². The Hall–Kier alpha value is -1.75. The lowest BCUT2D eigenvalue weighted by atomic mass is 9.89. The topological polar surface area (TPSA) is 77.1 Å². The molecule has 5 nitrogen and oxygen atoms in total. The quantitative estimate of drug-likeness (QED) is 0.378. The SMILES string of the molecule is COc1cc(COC2CCC(C)CC2)ccc1/C(N)=N/O. The molecule has 116 valence electrons. The minimum Gasteiger partial charge on any atom is -0.496 e. The standard InChI is InChI=1S/C16H24N2O3/c1-11-3-6-13(7-4-11)21-10-12-5-8-14(16(17)18-19)15(9-12)20-2/h5,8-9,11,13,19H,3-4,6-7,10H2,1-2H3,(H2,17,18). The Morgan fingerprint density at radius 1 is 1.33 bits per heavy atom. The van der Waals surface area contributed by atoms with E-state index in [1.807, 2.05) is 12.1 Å². The molecule has 1 fully saturated rings. The van der Waals surface area contributed by atoms with Gasteiger partial charge in [0.15, 0.2) is 5.84 Å². The molecule has 0 aliphatic heterocycles. The van der Waals surface area contributed by atoms with Crippen molar-refractivity contribution in [2.24, 2.45) is 16.8 Å². The first-order valence-corrected chi connectivity index (χ1v) is 7.40. The predicted octanol–water partition coefficient (Wildman–Crippen LogP) is 2.88. The van der Waals surface area contributed by atoms with Crippen molar-refractivity contribution in [1.82, 2.24) is 0 Å². The van der Waals surface area contributed by atoms with Crippen molar-refractivity contribution >= 4 is 5.84 Å². The molecule has 0 unspecified atom stereocenters. The summed E-state index contributed by atoms with van der Waals surface area (Å²) in [6.07, 6.45) is 5.13. The van der Waals surface area contributed by atoms with Crippen LogP contribution in [0.5, 0.6) is 5.75 Å². The summed E-state index contributed by atoms with van der Waals surface area (Å²) >= 11 is 0. The molecule has 21 heavy (non-hydrogen) atoms. The molecule has 5 heteroatoms. The van der Waals surface area contributed by atoms with Gasteiger partial charge in [-0.05, 0) is 49.3 Å². The van der Waals surface area contributed by atoms with Gasteiger partial charge in [0, 0.05) is 0 Å². The van der Waals surface area contributed by atoms with E-state index in [9.17, 15) is 0 Å². The second-order valence-corrected chi connectivity index (χ2v) is 5.71. The van der Waals surface area contributed by atoms with Gasteiger partial charge in [-0.15, -0.1) is 0 Å². The van der Waals surface area contributed by atoms with Crippen LogP contribution in [0.4, 0.5) is 0 Å². The summed E-state index contributed by atoms with van der Waals surface area (Å²) < 4.78 is 11.3. The highest BCUT2D eigenvalue weighted by atomic mass is 16.5. The maximum Gasteiger partial charge on any atom is 0.173 e. The third-order valence-corrected chi connectivity index (χ3v) is 4.10. The van der Waals surface area contributed by atoms with E-state index in [4.69, 9.17) is 20.4 Å². The molecule has 1 saturated carbocycles. The third kappa shape index (κ3) is 4.11. The highest BCUT2D eigenvalue weighted by molar-refractivity contribution is 5.99. The average Bonchev–Trinajstić information content (AvgIpc) is 2.53. The van der Waals surface area contributed by atoms with Crippen LogP contribution in [0.2, 0.25) is 0 Å². The number of ether oxygens (including phenoxy) is 2. The Morgan fingerprint density at radius 2 is 2.05 bits per heavy atom. The van der Waals surface area contributed by atoms with Crippen LogP contribution in [0.3, 0.4) is 0 Å². The summed E-state index contributed by atoms with van der Waals surface area (Å²) in [4.78, 5) is 0. The van der Waals surface area contributed by atoms with Gasteiger partial charge in [0.25, 0.3) is 0 Å². The fourth-order valence-corrected chi connectivity index (χ4v) is 2.70. The van der Waals surface area contributed by atoms with Crippen molar-refractivity contribution in [1.29, 1.82) is 0 Å². The normalized spacial score (nSPS) is 23.0. The van der Waals surface area contributed by atoms with E-state index in [1.165, 1.54) is 12.8 Å². The molecule has 0 radical (unpaired) electrons. The van der Waals surface area contributed by atoms with Crippen molar-refractivity contribution in [2.75, 3.05) is 7.11 Å². The van der Waals surface area contributed by atoms with E-state index in [2.05, 4.69) is 12.1 Å². The molecule has 0 spiro atoms. The number of benzene rings is 1. The van der Waals surface area contributed by atoms with Gasteiger partial charge >= 0.3 is 0 Å². The van der Waals surface area contributed by atoms with Gasteiger partial charge in [0.2, 0.25) is 0 Å². The summed E-state index contributed by atoms with van der Waals surface area (Å²) in [7, 11) is 1.57. The minimum atomic E-state index is 0.0422. The maximum absolute atomic E-state index is 8.76. The Balaban J connectivity index is 1.98. The van der Waals surface area contributed by atoms with Crippen LogP contribution in [-0.4, -0.2) is 24.3 Å². The zero-order valence-corrected chi connectivity index (χ0v) is 12.7. The van der Waals surface area contributed by atoms with Crippen molar-refractivity contribution in [2.45, 2.75) is 45.3 Å². The van der Waals surface area contributed by atoms with E-state index in [1.54, 1.807) is 13.2 Å².